The number of nitrogens with zero attached hydrogens (tertiary/aromatic N) is 2. The molecular weight excluding hydrogens is 150 g/mol. The lowest BCUT2D eigenvalue weighted by Crippen LogP contribution is -2.37. The van der Waals surface area contributed by atoms with E-state index < -0.39 is 0 Å². The first-order valence-corrected chi connectivity index (χ1v) is 4.27. The van der Waals surface area contributed by atoms with Gasteiger partial charge in [0.2, 0.25) is 0 Å². The lowest BCUT2D eigenvalue weighted by atomic mass is 9.93. The van der Waals surface area contributed by atoms with Gasteiger partial charge in [0.15, 0.2) is 0 Å². The summed E-state index contributed by atoms with van der Waals surface area (Å²) in [6, 6.07) is 2.13. The Labute approximate surface area is 75.2 Å². The fraction of sp³-hybridized carbons (Fsp3) is 0.889. The minimum absolute atomic E-state index is 0.157. The number of nitrogens with two attached hydrogens (primary N) is 1. The van der Waals surface area contributed by atoms with Gasteiger partial charge in [-0.15, -0.1) is 0 Å². The maximum atomic E-state index is 8.37. The molecule has 0 heterocycles. The third kappa shape index (κ3) is 5.11. The Balaban J connectivity index is 3.69. The van der Waals surface area contributed by atoms with E-state index in [-0.39, 0.29) is 5.41 Å². The predicted molar refractivity (Wildman–Crippen MR) is 50.6 cm³/mol. The van der Waals surface area contributed by atoms with E-state index in [2.05, 4.69) is 24.8 Å². The predicted octanol–water partition coefficient (Wildman–Crippen LogP) is 0.817. The molecule has 0 rings (SSSR count). The SMILES string of the molecule is CN(CCC#N)CC(C)(C)CN. The molecule has 0 aromatic heterocycles. The molecule has 0 aliphatic heterocycles. The van der Waals surface area contributed by atoms with E-state index in [4.69, 9.17) is 11.0 Å². The van der Waals surface area contributed by atoms with Crippen molar-refractivity contribution in [2.24, 2.45) is 11.1 Å². The van der Waals surface area contributed by atoms with Crippen molar-refractivity contribution in [2.45, 2.75) is 20.3 Å². The monoisotopic (exact) mass is 169 g/mol. The van der Waals surface area contributed by atoms with Gasteiger partial charge in [-0.1, -0.05) is 13.8 Å². The van der Waals surface area contributed by atoms with Gasteiger partial charge in [0.25, 0.3) is 0 Å². The number of hydrogen-bond acceptors (Lipinski definition) is 3. The second-order valence-corrected chi connectivity index (χ2v) is 4.01. The molecule has 3 heteroatoms. The van der Waals surface area contributed by atoms with Crippen LogP contribution in [0.1, 0.15) is 20.3 Å². The van der Waals surface area contributed by atoms with E-state index in [1.165, 1.54) is 0 Å². The summed E-state index contributed by atoms with van der Waals surface area (Å²) < 4.78 is 0. The molecule has 0 bridgehead atoms. The quantitative estimate of drug-likeness (QED) is 0.663. The third-order valence-corrected chi connectivity index (χ3v) is 1.86. The zero-order chi connectivity index (χ0) is 9.61. The standard InChI is InChI=1S/C9H19N3/c1-9(2,7-11)8-12(3)6-4-5-10/h4,6-8,11H2,1-3H3. The Hall–Kier alpha value is -0.590. The fourth-order valence-electron chi connectivity index (χ4n) is 1.12. The summed E-state index contributed by atoms with van der Waals surface area (Å²) in [6.45, 7) is 6.74. The van der Waals surface area contributed by atoms with Crippen LogP contribution in [0.25, 0.3) is 0 Å². The van der Waals surface area contributed by atoms with E-state index in [1.54, 1.807) is 0 Å². The van der Waals surface area contributed by atoms with Crippen LogP contribution in [0.4, 0.5) is 0 Å². The molecule has 70 valence electrons. The highest BCUT2D eigenvalue weighted by Gasteiger charge is 2.17. The van der Waals surface area contributed by atoms with Crippen LogP contribution in [0.2, 0.25) is 0 Å². The molecule has 2 N–H and O–H groups in total. The first-order chi connectivity index (χ1) is 5.52. The van der Waals surface area contributed by atoms with E-state index in [9.17, 15) is 0 Å². The van der Waals surface area contributed by atoms with Crippen molar-refractivity contribution >= 4 is 0 Å². The number of rotatable bonds is 5. The zero-order valence-electron chi connectivity index (χ0n) is 8.30. The molecule has 0 amide bonds. The number of nitriles is 1. The summed E-state index contributed by atoms with van der Waals surface area (Å²) in [5.74, 6) is 0. The molecule has 0 aliphatic rings. The first kappa shape index (κ1) is 11.4. The van der Waals surface area contributed by atoms with Crippen molar-refractivity contribution in [3.63, 3.8) is 0 Å². The second-order valence-electron chi connectivity index (χ2n) is 4.01. The van der Waals surface area contributed by atoms with Crippen LogP contribution < -0.4 is 5.73 Å². The van der Waals surface area contributed by atoms with Crippen LogP contribution in [0, 0.1) is 16.7 Å². The normalized spacial score (nSPS) is 11.7. The minimum Gasteiger partial charge on any atom is -0.330 e. The maximum Gasteiger partial charge on any atom is 0.0635 e. The molecule has 0 saturated heterocycles. The molecule has 0 atom stereocenters. The van der Waals surface area contributed by atoms with E-state index in [0.717, 1.165) is 13.1 Å². The van der Waals surface area contributed by atoms with Crippen molar-refractivity contribution < 1.29 is 0 Å². The highest BCUT2D eigenvalue weighted by molar-refractivity contribution is 4.76. The Bertz CT molecular complexity index is 158. The lowest BCUT2D eigenvalue weighted by Gasteiger charge is -2.28. The Morgan fingerprint density at radius 2 is 2.08 bits per heavy atom. The molecule has 0 spiro atoms. The molecule has 0 saturated carbocycles. The molecule has 3 nitrogen and oxygen atoms in total. The third-order valence-electron chi connectivity index (χ3n) is 1.86. The van der Waals surface area contributed by atoms with Gasteiger partial charge >= 0.3 is 0 Å². The van der Waals surface area contributed by atoms with Gasteiger partial charge in [-0.25, -0.2) is 0 Å². The Morgan fingerprint density at radius 3 is 2.50 bits per heavy atom. The van der Waals surface area contributed by atoms with Gasteiger partial charge < -0.3 is 10.6 Å². The summed E-state index contributed by atoms with van der Waals surface area (Å²) in [5.41, 5.74) is 5.75. The highest BCUT2D eigenvalue weighted by atomic mass is 15.1. The molecule has 0 unspecified atom stereocenters. The molecule has 0 aromatic rings. The topological polar surface area (TPSA) is 53.0 Å². The van der Waals surface area contributed by atoms with Crippen molar-refractivity contribution in [3.05, 3.63) is 0 Å². The summed E-state index contributed by atoms with van der Waals surface area (Å²) in [4.78, 5) is 2.15. The summed E-state index contributed by atoms with van der Waals surface area (Å²) in [6.07, 6.45) is 0.594. The van der Waals surface area contributed by atoms with Gasteiger partial charge in [0.1, 0.15) is 0 Å². The Morgan fingerprint density at radius 1 is 1.50 bits per heavy atom. The average Bonchev–Trinajstić information content (AvgIpc) is 2.00. The van der Waals surface area contributed by atoms with Gasteiger partial charge in [-0.05, 0) is 19.0 Å². The van der Waals surface area contributed by atoms with Gasteiger partial charge in [0, 0.05) is 19.5 Å². The maximum absolute atomic E-state index is 8.37. The van der Waals surface area contributed by atoms with E-state index >= 15 is 0 Å². The molecule has 0 fully saturated rings. The highest BCUT2D eigenvalue weighted by Crippen LogP contribution is 2.13. The molecule has 0 radical (unpaired) electrons. The van der Waals surface area contributed by atoms with Gasteiger partial charge in [-0.2, -0.15) is 5.26 Å². The van der Waals surface area contributed by atoms with Crippen molar-refractivity contribution in [3.8, 4) is 6.07 Å². The van der Waals surface area contributed by atoms with Crippen molar-refractivity contribution in [2.75, 3.05) is 26.7 Å². The van der Waals surface area contributed by atoms with Crippen LogP contribution in [-0.4, -0.2) is 31.6 Å². The average molecular weight is 169 g/mol. The smallest absolute Gasteiger partial charge is 0.0635 e. The lowest BCUT2D eigenvalue weighted by molar-refractivity contribution is 0.219. The largest absolute Gasteiger partial charge is 0.330 e. The van der Waals surface area contributed by atoms with E-state index in [1.807, 2.05) is 7.05 Å². The second kappa shape index (κ2) is 5.13. The minimum atomic E-state index is 0.157. The van der Waals surface area contributed by atoms with Crippen LogP contribution in [0.3, 0.4) is 0 Å². The van der Waals surface area contributed by atoms with Crippen LogP contribution >= 0.6 is 0 Å². The fourth-order valence-corrected chi connectivity index (χ4v) is 1.12. The van der Waals surface area contributed by atoms with Crippen molar-refractivity contribution in [1.29, 1.82) is 5.26 Å². The van der Waals surface area contributed by atoms with Gasteiger partial charge in [0.05, 0.1) is 6.07 Å². The molecule has 12 heavy (non-hydrogen) atoms. The van der Waals surface area contributed by atoms with Crippen LogP contribution in [0.5, 0.6) is 0 Å². The van der Waals surface area contributed by atoms with Crippen LogP contribution in [-0.2, 0) is 0 Å². The molecular formula is C9H19N3. The summed E-state index contributed by atoms with van der Waals surface area (Å²) in [7, 11) is 2.02. The Kier molecular flexibility index (Phi) is 4.87. The summed E-state index contributed by atoms with van der Waals surface area (Å²) >= 11 is 0. The van der Waals surface area contributed by atoms with Gasteiger partial charge in [-0.3, -0.25) is 0 Å². The molecule has 0 aromatic carbocycles. The van der Waals surface area contributed by atoms with E-state index in [0.29, 0.717) is 13.0 Å². The molecule has 0 aliphatic carbocycles. The van der Waals surface area contributed by atoms with Crippen molar-refractivity contribution in [1.82, 2.24) is 4.90 Å². The zero-order valence-corrected chi connectivity index (χ0v) is 8.30. The van der Waals surface area contributed by atoms with Crippen LogP contribution in [0.15, 0.2) is 0 Å². The number of hydrogen-bond donors (Lipinski definition) is 1. The summed E-state index contributed by atoms with van der Waals surface area (Å²) in [5, 5.41) is 8.37. The first-order valence-electron chi connectivity index (χ1n) is 4.27.